The Balaban J connectivity index is 1.90. The number of methoxy groups -OCH3 is 1. The van der Waals surface area contributed by atoms with Gasteiger partial charge in [0.25, 0.3) is 5.91 Å². The Bertz CT molecular complexity index is 1040. The molecule has 5 nitrogen and oxygen atoms in total. The Labute approximate surface area is 179 Å². The number of hydrogen-bond acceptors (Lipinski definition) is 3. The maximum Gasteiger partial charge on any atom is 0.277 e. The van der Waals surface area contributed by atoms with Crippen molar-refractivity contribution in [2.75, 3.05) is 12.0 Å². The molecule has 0 aliphatic carbocycles. The van der Waals surface area contributed by atoms with Crippen LogP contribution < -0.4 is 9.64 Å². The summed E-state index contributed by atoms with van der Waals surface area (Å²) in [6.07, 6.45) is 0.833. The fourth-order valence-electron chi connectivity index (χ4n) is 4.00. The minimum absolute atomic E-state index is 0.0249. The van der Waals surface area contributed by atoms with Crippen LogP contribution >= 0.6 is 15.9 Å². The Kier molecular flexibility index (Phi) is 5.21. The predicted molar refractivity (Wildman–Crippen MR) is 118 cm³/mol. The van der Waals surface area contributed by atoms with Gasteiger partial charge >= 0.3 is 0 Å². The third-order valence-electron chi connectivity index (χ3n) is 5.25. The van der Waals surface area contributed by atoms with Crippen molar-refractivity contribution in [2.24, 2.45) is 13.0 Å². The van der Waals surface area contributed by atoms with Crippen LogP contribution in [0.25, 0.3) is 0 Å². The molecule has 2 aromatic carbocycles. The number of anilines is 1. The molecule has 0 N–H and O–H groups in total. The summed E-state index contributed by atoms with van der Waals surface area (Å²) < 4.78 is 8.04. The predicted octanol–water partition coefficient (Wildman–Crippen LogP) is 5.14. The second kappa shape index (κ2) is 7.67. The largest absolute Gasteiger partial charge is 0.497 e. The van der Waals surface area contributed by atoms with E-state index in [1.165, 1.54) is 0 Å². The molecule has 0 fully saturated rings. The maximum atomic E-state index is 13.5. The van der Waals surface area contributed by atoms with E-state index < -0.39 is 0 Å². The lowest BCUT2D eigenvalue weighted by atomic mass is 9.95. The van der Waals surface area contributed by atoms with E-state index in [0.717, 1.165) is 39.2 Å². The van der Waals surface area contributed by atoms with Gasteiger partial charge in [-0.05, 0) is 54.3 Å². The van der Waals surface area contributed by atoms with E-state index in [0.29, 0.717) is 11.6 Å². The molecule has 1 atom stereocenters. The van der Waals surface area contributed by atoms with Crippen LogP contribution in [-0.2, 0) is 13.5 Å². The summed E-state index contributed by atoms with van der Waals surface area (Å²) in [4.78, 5) is 15.4. The third-order valence-corrected chi connectivity index (χ3v) is 5.78. The van der Waals surface area contributed by atoms with Crippen molar-refractivity contribution in [3.63, 3.8) is 0 Å². The number of hydrogen-bond donors (Lipinski definition) is 0. The van der Waals surface area contributed by atoms with Gasteiger partial charge in [0.15, 0.2) is 0 Å². The molecule has 1 unspecified atom stereocenters. The lowest BCUT2D eigenvalue weighted by molar-refractivity contribution is 0.0985. The van der Waals surface area contributed by atoms with Crippen molar-refractivity contribution < 1.29 is 9.53 Å². The van der Waals surface area contributed by atoms with Gasteiger partial charge in [-0.3, -0.25) is 14.4 Å². The molecule has 0 bridgehead atoms. The smallest absolute Gasteiger partial charge is 0.277 e. The average molecular weight is 454 g/mol. The second-order valence-electron chi connectivity index (χ2n) is 7.76. The Hall–Kier alpha value is -2.60. The molecule has 4 rings (SSSR count). The standard InChI is InChI=1S/C23H24BrN3O2/c1-14(2)13-19-20-21(15-5-7-16(24)8-6-15)27(23(28)22(20)26(3)25-19)17-9-11-18(29-4)12-10-17/h5-12,14,21H,13H2,1-4H3. The van der Waals surface area contributed by atoms with Crippen molar-refractivity contribution in [1.82, 2.24) is 9.78 Å². The normalized spacial score (nSPS) is 15.9. The first-order valence-electron chi connectivity index (χ1n) is 9.69. The summed E-state index contributed by atoms with van der Waals surface area (Å²) in [5, 5.41) is 4.71. The molecule has 0 spiro atoms. The number of aromatic nitrogens is 2. The van der Waals surface area contributed by atoms with Gasteiger partial charge in [-0.1, -0.05) is 41.9 Å². The van der Waals surface area contributed by atoms with E-state index in [1.807, 2.05) is 48.3 Å². The Morgan fingerprint density at radius 1 is 1.10 bits per heavy atom. The summed E-state index contributed by atoms with van der Waals surface area (Å²) in [6.45, 7) is 4.35. The highest BCUT2D eigenvalue weighted by molar-refractivity contribution is 9.10. The minimum atomic E-state index is -0.207. The van der Waals surface area contributed by atoms with Gasteiger partial charge in [0.1, 0.15) is 11.4 Å². The molecule has 1 aromatic heterocycles. The Morgan fingerprint density at radius 2 is 1.76 bits per heavy atom. The monoisotopic (exact) mass is 453 g/mol. The first-order valence-corrected chi connectivity index (χ1v) is 10.5. The van der Waals surface area contributed by atoms with E-state index in [9.17, 15) is 4.79 Å². The highest BCUT2D eigenvalue weighted by Crippen LogP contribution is 2.44. The molecule has 29 heavy (non-hydrogen) atoms. The van der Waals surface area contributed by atoms with Gasteiger partial charge in [-0.15, -0.1) is 0 Å². The van der Waals surface area contributed by atoms with Crippen LogP contribution in [0.2, 0.25) is 0 Å². The van der Waals surface area contributed by atoms with Gasteiger partial charge in [0.05, 0.1) is 18.8 Å². The van der Waals surface area contributed by atoms with Crippen LogP contribution in [0.1, 0.15) is 47.2 Å². The van der Waals surface area contributed by atoms with Crippen LogP contribution in [0.4, 0.5) is 5.69 Å². The number of benzene rings is 2. The topological polar surface area (TPSA) is 47.4 Å². The molecule has 1 aliphatic rings. The molecule has 6 heteroatoms. The van der Waals surface area contributed by atoms with Crippen molar-refractivity contribution >= 4 is 27.5 Å². The van der Waals surface area contributed by atoms with E-state index in [2.05, 4.69) is 41.9 Å². The van der Waals surface area contributed by atoms with Crippen molar-refractivity contribution in [3.8, 4) is 5.75 Å². The molecule has 1 aliphatic heterocycles. The molecule has 0 radical (unpaired) electrons. The molecule has 1 amide bonds. The van der Waals surface area contributed by atoms with E-state index in [-0.39, 0.29) is 11.9 Å². The molecular formula is C23H24BrN3O2. The Morgan fingerprint density at radius 3 is 2.34 bits per heavy atom. The van der Waals surface area contributed by atoms with E-state index in [1.54, 1.807) is 11.8 Å². The number of amides is 1. The SMILES string of the molecule is COc1ccc(N2C(=O)c3c(c(CC(C)C)nn3C)C2c2ccc(Br)cc2)cc1. The van der Waals surface area contributed by atoms with Crippen LogP contribution in [0.5, 0.6) is 5.75 Å². The number of ether oxygens (including phenoxy) is 1. The fraction of sp³-hybridized carbons (Fsp3) is 0.304. The third kappa shape index (κ3) is 3.46. The molecule has 0 saturated carbocycles. The summed E-state index contributed by atoms with van der Waals surface area (Å²) in [7, 11) is 3.50. The highest BCUT2D eigenvalue weighted by atomic mass is 79.9. The number of halogens is 1. The number of rotatable bonds is 5. The summed E-state index contributed by atoms with van der Waals surface area (Å²) >= 11 is 3.51. The summed E-state index contributed by atoms with van der Waals surface area (Å²) in [6, 6.07) is 15.6. The van der Waals surface area contributed by atoms with Gasteiger partial charge in [-0.25, -0.2) is 0 Å². The lowest BCUT2D eigenvalue weighted by Crippen LogP contribution is -2.30. The number of carbonyl (C=O) groups is 1. The zero-order chi connectivity index (χ0) is 20.7. The average Bonchev–Trinajstić information content (AvgIpc) is 3.17. The van der Waals surface area contributed by atoms with E-state index >= 15 is 0 Å². The van der Waals surface area contributed by atoms with Crippen molar-refractivity contribution in [1.29, 1.82) is 0 Å². The summed E-state index contributed by atoms with van der Waals surface area (Å²) in [5.41, 5.74) is 4.59. The summed E-state index contributed by atoms with van der Waals surface area (Å²) in [5.74, 6) is 1.19. The van der Waals surface area contributed by atoms with E-state index in [4.69, 9.17) is 9.84 Å². The molecular weight excluding hydrogens is 430 g/mol. The minimum Gasteiger partial charge on any atom is -0.497 e. The lowest BCUT2D eigenvalue weighted by Gasteiger charge is -2.27. The molecule has 150 valence electrons. The van der Waals surface area contributed by atoms with Crippen LogP contribution in [-0.4, -0.2) is 22.8 Å². The number of carbonyl (C=O) groups excluding carboxylic acids is 1. The number of aryl methyl sites for hydroxylation is 1. The quantitative estimate of drug-likeness (QED) is 0.537. The fourth-order valence-corrected chi connectivity index (χ4v) is 4.27. The van der Waals surface area contributed by atoms with Gasteiger partial charge < -0.3 is 4.74 Å². The maximum absolute atomic E-state index is 13.5. The highest BCUT2D eigenvalue weighted by Gasteiger charge is 2.43. The van der Waals surface area contributed by atoms with Gasteiger partial charge in [0.2, 0.25) is 0 Å². The van der Waals surface area contributed by atoms with Crippen LogP contribution in [0.15, 0.2) is 53.0 Å². The van der Waals surface area contributed by atoms with Crippen LogP contribution in [0, 0.1) is 5.92 Å². The van der Waals surface area contributed by atoms with Crippen molar-refractivity contribution in [2.45, 2.75) is 26.3 Å². The van der Waals surface area contributed by atoms with Crippen molar-refractivity contribution in [3.05, 3.63) is 75.5 Å². The second-order valence-corrected chi connectivity index (χ2v) is 8.67. The zero-order valence-electron chi connectivity index (χ0n) is 17.0. The molecule has 3 aromatic rings. The first kappa shape index (κ1) is 19.7. The zero-order valence-corrected chi connectivity index (χ0v) is 18.6. The number of fused-ring (bicyclic) bond motifs is 1. The first-order chi connectivity index (χ1) is 13.9. The molecule has 2 heterocycles. The number of nitrogens with zero attached hydrogens (tertiary/aromatic N) is 3. The van der Waals surface area contributed by atoms with Gasteiger partial charge in [0, 0.05) is 22.8 Å². The molecule has 0 saturated heterocycles. The van der Waals surface area contributed by atoms with Crippen LogP contribution in [0.3, 0.4) is 0 Å². The van der Waals surface area contributed by atoms with Gasteiger partial charge in [-0.2, -0.15) is 5.10 Å².